The van der Waals surface area contributed by atoms with Crippen LogP contribution in [0.4, 0.5) is 0 Å². The molecule has 4 rings (SSSR count). The molecule has 2 aromatic carbocycles. The van der Waals surface area contributed by atoms with E-state index in [-0.39, 0.29) is 12.5 Å². The Morgan fingerprint density at radius 1 is 1.04 bits per heavy atom. The Balaban J connectivity index is 1.74. The van der Waals surface area contributed by atoms with Gasteiger partial charge in [-0.3, -0.25) is 9.69 Å². The van der Waals surface area contributed by atoms with Crippen molar-refractivity contribution in [1.82, 2.24) is 4.90 Å². The Labute approximate surface area is 146 Å². The summed E-state index contributed by atoms with van der Waals surface area (Å²) in [6.45, 7) is 0.0641. The second kappa shape index (κ2) is 6.15. The first kappa shape index (κ1) is 16.1. The summed E-state index contributed by atoms with van der Waals surface area (Å²) in [5.74, 6) is -1.26. The number of benzene rings is 2. The molecule has 1 amide bonds. The van der Waals surface area contributed by atoms with Crippen LogP contribution in [0.3, 0.4) is 0 Å². The van der Waals surface area contributed by atoms with Gasteiger partial charge >= 0.3 is 5.97 Å². The quantitative estimate of drug-likeness (QED) is 0.910. The molecule has 1 saturated carbocycles. The summed E-state index contributed by atoms with van der Waals surface area (Å²) >= 11 is 0. The monoisotopic (exact) mass is 339 g/mol. The van der Waals surface area contributed by atoms with Crippen molar-refractivity contribution in [3.63, 3.8) is 0 Å². The maximum Gasteiger partial charge on any atom is 0.328 e. The fourth-order valence-corrected chi connectivity index (χ4v) is 4.12. The summed E-state index contributed by atoms with van der Waals surface area (Å²) in [6, 6.07) is 12.4. The van der Waals surface area contributed by atoms with Gasteiger partial charge in [-0.1, -0.05) is 36.8 Å². The van der Waals surface area contributed by atoms with Crippen LogP contribution >= 0.6 is 0 Å². The number of carboxylic acid groups (broad SMARTS) is 1. The van der Waals surface area contributed by atoms with Crippen molar-refractivity contribution in [2.45, 2.75) is 43.9 Å². The van der Waals surface area contributed by atoms with Crippen LogP contribution in [0, 0.1) is 0 Å². The van der Waals surface area contributed by atoms with Gasteiger partial charge in [-0.2, -0.15) is 0 Å². The highest BCUT2D eigenvalue weighted by molar-refractivity contribution is 6.00. The van der Waals surface area contributed by atoms with Crippen molar-refractivity contribution >= 4 is 22.6 Å². The Bertz CT molecular complexity index is 825. The number of nitrogens with zero attached hydrogens (tertiary/aromatic N) is 1. The number of carbonyl (C=O) groups is 2. The zero-order valence-corrected chi connectivity index (χ0v) is 14.0. The fourth-order valence-electron chi connectivity index (χ4n) is 4.12. The summed E-state index contributed by atoms with van der Waals surface area (Å²) in [7, 11) is 0. The number of carbonyl (C=O) groups excluding carboxylic acids is 1. The zero-order valence-electron chi connectivity index (χ0n) is 14.0. The molecule has 5 heteroatoms. The minimum Gasteiger partial charge on any atom is -0.480 e. The van der Waals surface area contributed by atoms with Crippen LogP contribution in [0.5, 0.6) is 0 Å². The summed E-state index contributed by atoms with van der Waals surface area (Å²) in [6.07, 6.45) is 4.41. The van der Waals surface area contributed by atoms with Gasteiger partial charge in [-0.05, 0) is 48.6 Å². The molecule has 0 bridgehead atoms. The first-order chi connectivity index (χ1) is 12.1. The molecule has 1 aliphatic carbocycles. The second-order valence-electron chi connectivity index (χ2n) is 6.91. The molecule has 5 nitrogen and oxygen atoms in total. The lowest BCUT2D eigenvalue weighted by Gasteiger charge is -2.41. The first-order valence-electron chi connectivity index (χ1n) is 8.80. The molecule has 1 aliphatic heterocycles. The van der Waals surface area contributed by atoms with Crippen molar-refractivity contribution in [2.24, 2.45) is 0 Å². The molecule has 0 aromatic heterocycles. The SMILES string of the molecule is O=C(O)[C@H]1COC2(CCCCC2)N1C(=O)c1ccc2ccccc2c1. The molecule has 2 aliphatic rings. The third-order valence-corrected chi connectivity index (χ3v) is 5.40. The maximum atomic E-state index is 13.3. The zero-order chi connectivity index (χ0) is 17.4. The normalized spacial score (nSPS) is 22.4. The molecular weight excluding hydrogens is 318 g/mol. The van der Waals surface area contributed by atoms with Gasteiger partial charge in [-0.25, -0.2) is 4.79 Å². The summed E-state index contributed by atoms with van der Waals surface area (Å²) in [4.78, 5) is 26.5. The molecule has 0 unspecified atom stereocenters. The van der Waals surface area contributed by atoms with Crippen LogP contribution < -0.4 is 0 Å². The van der Waals surface area contributed by atoms with Gasteiger partial charge in [0.2, 0.25) is 0 Å². The highest BCUT2D eigenvalue weighted by Crippen LogP contribution is 2.41. The van der Waals surface area contributed by atoms with E-state index < -0.39 is 17.7 Å². The van der Waals surface area contributed by atoms with Crippen LogP contribution in [0.15, 0.2) is 42.5 Å². The molecule has 1 spiro atoms. The van der Waals surface area contributed by atoms with Gasteiger partial charge < -0.3 is 9.84 Å². The molecule has 130 valence electrons. The van der Waals surface area contributed by atoms with E-state index in [9.17, 15) is 14.7 Å². The first-order valence-corrected chi connectivity index (χ1v) is 8.80. The van der Waals surface area contributed by atoms with Gasteiger partial charge in [0.15, 0.2) is 6.04 Å². The number of fused-ring (bicyclic) bond motifs is 1. The lowest BCUT2D eigenvalue weighted by Crippen LogP contribution is -2.54. The number of ether oxygens (including phenoxy) is 1. The third kappa shape index (κ3) is 2.68. The van der Waals surface area contributed by atoms with Crippen molar-refractivity contribution in [1.29, 1.82) is 0 Å². The van der Waals surface area contributed by atoms with E-state index in [1.165, 1.54) is 4.90 Å². The topological polar surface area (TPSA) is 66.8 Å². The highest BCUT2D eigenvalue weighted by atomic mass is 16.5. The van der Waals surface area contributed by atoms with E-state index in [4.69, 9.17) is 4.74 Å². The average Bonchev–Trinajstić information content (AvgIpc) is 3.00. The van der Waals surface area contributed by atoms with Gasteiger partial charge in [0.1, 0.15) is 5.72 Å². The smallest absolute Gasteiger partial charge is 0.328 e. The minimum absolute atomic E-state index is 0.0641. The Kier molecular flexibility index (Phi) is 3.96. The number of rotatable bonds is 2. The Hall–Kier alpha value is -2.40. The van der Waals surface area contributed by atoms with Crippen LogP contribution in [-0.2, 0) is 9.53 Å². The predicted molar refractivity (Wildman–Crippen MR) is 93.3 cm³/mol. The Morgan fingerprint density at radius 2 is 1.76 bits per heavy atom. The third-order valence-electron chi connectivity index (χ3n) is 5.40. The maximum absolute atomic E-state index is 13.3. The van der Waals surface area contributed by atoms with Gasteiger partial charge in [-0.15, -0.1) is 0 Å². The summed E-state index contributed by atoms with van der Waals surface area (Å²) in [5, 5.41) is 11.6. The number of hydrogen-bond donors (Lipinski definition) is 1. The van der Waals surface area contributed by atoms with E-state index >= 15 is 0 Å². The lowest BCUT2D eigenvalue weighted by atomic mass is 9.89. The summed E-state index contributed by atoms with van der Waals surface area (Å²) in [5.41, 5.74) is -0.246. The minimum atomic E-state index is -1.00. The van der Waals surface area contributed by atoms with Gasteiger partial charge in [0.05, 0.1) is 6.61 Å². The van der Waals surface area contributed by atoms with E-state index in [2.05, 4.69) is 0 Å². The van der Waals surface area contributed by atoms with Crippen LogP contribution in [-0.4, -0.2) is 40.3 Å². The molecule has 2 aromatic rings. The second-order valence-corrected chi connectivity index (χ2v) is 6.91. The molecule has 1 saturated heterocycles. The van der Waals surface area contributed by atoms with Gasteiger partial charge in [0, 0.05) is 5.56 Å². The molecular formula is C20H21NO4. The predicted octanol–water partition coefficient (Wildman–Crippen LogP) is 3.43. The molecule has 25 heavy (non-hydrogen) atoms. The largest absolute Gasteiger partial charge is 0.480 e. The van der Waals surface area contributed by atoms with E-state index in [0.717, 1.165) is 30.0 Å². The molecule has 1 atom stereocenters. The van der Waals surface area contributed by atoms with E-state index in [0.29, 0.717) is 18.4 Å². The molecule has 1 N–H and O–H groups in total. The number of aliphatic carboxylic acids is 1. The van der Waals surface area contributed by atoms with Crippen LogP contribution in [0.25, 0.3) is 10.8 Å². The number of carboxylic acids is 1. The average molecular weight is 339 g/mol. The summed E-state index contributed by atoms with van der Waals surface area (Å²) < 4.78 is 5.92. The Morgan fingerprint density at radius 3 is 2.48 bits per heavy atom. The molecule has 2 fully saturated rings. The molecule has 1 heterocycles. The highest BCUT2D eigenvalue weighted by Gasteiger charge is 2.53. The van der Waals surface area contributed by atoms with Crippen molar-refractivity contribution in [3.05, 3.63) is 48.0 Å². The fraction of sp³-hybridized carbons (Fsp3) is 0.400. The molecule has 0 radical (unpaired) electrons. The lowest BCUT2D eigenvalue weighted by molar-refractivity contribution is -0.143. The number of amides is 1. The van der Waals surface area contributed by atoms with E-state index in [1.54, 1.807) is 6.07 Å². The number of hydrogen-bond acceptors (Lipinski definition) is 3. The van der Waals surface area contributed by atoms with Crippen molar-refractivity contribution < 1.29 is 19.4 Å². The van der Waals surface area contributed by atoms with Crippen molar-refractivity contribution in [2.75, 3.05) is 6.61 Å². The van der Waals surface area contributed by atoms with E-state index in [1.807, 2.05) is 36.4 Å². The van der Waals surface area contributed by atoms with Gasteiger partial charge in [0.25, 0.3) is 5.91 Å². The van der Waals surface area contributed by atoms with Crippen LogP contribution in [0.1, 0.15) is 42.5 Å². The van der Waals surface area contributed by atoms with Crippen LogP contribution in [0.2, 0.25) is 0 Å². The van der Waals surface area contributed by atoms with Crippen molar-refractivity contribution in [3.8, 4) is 0 Å². The standard InChI is InChI=1S/C20H21NO4/c22-18(16-9-8-14-6-2-3-7-15(14)12-16)21-17(19(23)24)13-25-20(21)10-4-1-5-11-20/h2-3,6-9,12,17H,1,4-5,10-11,13H2,(H,23,24)/t17-/m1/s1.